The van der Waals surface area contributed by atoms with E-state index in [-0.39, 0.29) is 12.1 Å². The van der Waals surface area contributed by atoms with Crippen molar-refractivity contribution in [3.05, 3.63) is 53.9 Å². The molecule has 5 nitrogen and oxygen atoms in total. The van der Waals surface area contributed by atoms with Crippen LogP contribution >= 0.6 is 0 Å². The number of hydrogen-bond acceptors (Lipinski definition) is 3. The first-order valence-electron chi connectivity index (χ1n) is 6.86. The zero-order valence-corrected chi connectivity index (χ0v) is 11.5. The molecule has 5 heteroatoms. The molecule has 1 saturated heterocycles. The number of benzene rings is 1. The zero-order valence-electron chi connectivity index (χ0n) is 11.5. The van der Waals surface area contributed by atoms with Crippen molar-refractivity contribution < 1.29 is 4.79 Å². The second-order valence-electron chi connectivity index (χ2n) is 4.99. The average molecular weight is 270 g/mol. The first kappa shape index (κ1) is 12.9. The Morgan fingerprint density at radius 1 is 1.35 bits per heavy atom. The lowest BCUT2D eigenvalue weighted by Gasteiger charge is -2.22. The fourth-order valence-electron chi connectivity index (χ4n) is 2.52. The molecule has 1 fully saturated rings. The Labute approximate surface area is 118 Å². The summed E-state index contributed by atoms with van der Waals surface area (Å²) in [5.74, 6) is 0.0650. The minimum atomic E-state index is -0.0805. The van der Waals surface area contributed by atoms with E-state index in [1.54, 1.807) is 0 Å². The van der Waals surface area contributed by atoms with Crippen LogP contribution in [-0.2, 0) is 17.9 Å². The molecular formula is C15H18N4O. The molecule has 1 aliphatic heterocycles. The fraction of sp³-hybridized carbons (Fsp3) is 0.333. The van der Waals surface area contributed by atoms with Gasteiger partial charge in [0.1, 0.15) is 6.17 Å². The first-order chi connectivity index (χ1) is 9.76. The maximum atomic E-state index is 11.7. The van der Waals surface area contributed by atoms with Gasteiger partial charge in [0, 0.05) is 24.8 Å². The van der Waals surface area contributed by atoms with Crippen molar-refractivity contribution in [1.82, 2.24) is 20.0 Å². The van der Waals surface area contributed by atoms with Crippen molar-refractivity contribution in [3.63, 3.8) is 0 Å². The monoisotopic (exact) mass is 270 g/mol. The van der Waals surface area contributed by atoms with Crippen LogP contribution in [0.15, 0.2) is 42.7 Å². The molecule has 3 rings (SSSR count). The van der Waals surface area contributed by atoms with E-state index in [9.17, 15) is 4.79 Å². The third-order valence-electron chi connectivity index (χ3n) is 3.53. The number of nitrogens with zero attached hydrogens (tertiary/aromatic N) is 3. The number of hydrogen-bond donors (Lipinski definition) is 1. The number of rotatable bonds is 4. The third kappa shape index (κ3) is 2.58. The SMILES string of the molecule is CCn1cc([C@@H]2NC(=O)CN2Cc2ccccc2)cn1. The van der Waals surface area contributed by atoms with Crippen LogP contribution in [0.3, 0.4) is 0 Å². The molecule has 0 bridgehead atoms. The lowest BCUT2D eigenvalue weighted by molar-refractivity contribution is -0.118. The van der Waals surface area contributed by atoms with Crippen LogP contribution < -0.4 is 5.32 Å². The van der Waals surface area contributed by atoms with E-state index in [4.69, 9.17) is 0 Å². The van der Waals surface area contributed by atoms with Crippen LogP contribution in [0.4, 0.5) is 0 Å². The van der Waals surface area contributed by atoms with Crippen molar-refractivity contribution in [2.45, 2.75) is 26.2 Å². The molecule has 1 amide bonds. The summed E-state index contributed by atoms with van der Waals surface area (Å²) in [7, 11) is 0. The molecule has 0 unspecified atom stereocenters. The smallest absolute Gasteiger partial charge is 0.235 e. The van der Waals surface area contributed by atoms with Gasteiger partial charge in [0.05, 0.1) is 12.7 Å². The van der Waals surface area contributed by atoms with Gasteiger partial charge in [-0.3, -0.25) is 14.4 Å². The molecule has 0 spiro atoms. The zero-order chi connectivity index (χ0) is 13.9. The van der Waals surface area contributed by atoms with Gasteiger partial charge in [-0.2, -0.15) is 5.10 Å². The summed E-state index contributed by atoms with van der Waals surface area (Å²) in [4.78, 5) is 13.9. The van der Waals surface area contributed by atoms with E-state index in [0.717, 1.165) is 18.7 Å². The maximum Gasteiger partial charge on any atom is 0.235 e. The Bertz CT molecular complexity index is 593. The van der Waals surface area contributed by atoms with Crippen molar-refractivity contribution in [1.29, 1.82) is 0 Å². The molecule has 0 saturated carbocycles. The van der Waals surface area contributed by atoms with E-state index < -0.39 is 0 Å². The Balaban J connectivity index is 1.79. The standard InChI is InChI=1S/C15H18N4O/c1-2-19-10-13(8-16-19)15-17-14(20)11-18(15)9-12-6-4-3-5-7-12/h3-8,10,15H,2,9,11H2,1H3,(H,17,20)/t15-/m1/s1. The van der Waals surface area contributed by atoms with E-state index in [1.165, 1.54) is 5.56 Å². The van der Waals surface area contributed by atoms with Crippen molar-refractivity contribution in [2.75, 3.05) is 6.54 Å². The van der Waals surface area contributed by atoms with Crippen LogP contribution in [0.25, 0.3) is 0 Å². The average Bonchev–Trinajstić information content (AvgIpc) is 3.06. The summed E-state index contributed by atoms with van der Waals surface area (Å²) >= 11 is 0. The van der Waals surface area contributed by atoms with Crippen LogP contribution in [-0.4, -0.2) is 27.1 Å². The normalized spacial score (nSPS) is 19.2. The van der Waals surface area contributed by atoms with Crippen LogP contribution in [0, 0.1) is 0 Å². The molecule has 1 aromatic carbocycles. The molecule has 2 heterocycles. The summed E-state index contributed by atoms with van der Waals surface area (Å²) in [6, 6.07) is 10.2. The lowest BCUT2D eigenvalue weighted by Crippen LogP contribution is -2.27. The minimum Gasteiger partial charge on any atom is -0.335 e. The molecule has 1 N–H and O–H groups in total. The quantitative estimate of drug-likeness (QED) is 0.916. The lowest BCUT2D eigenvalue weighted by atomic mass is 10.2. The second-order valence-corrected chi connectivity index (χ2v) is 4.99. The van der Waals surface area contributed by atoms with Gasteiger partial charge in [-0.15, -0.1) is 0 Å². The second kappa shape index (κ2) is 5.46. The molecule has 0 aliphatic carbocycles. The Hall–Kier alpha value is -2.14. The van der Waals surface area contributed by atoms with Gasteiger partial charge in [-0.1, -0.05) is 30.3 Å². The predicted octanol–water partition coefficient (Wildman–Crippen LogP) is 1.53. The summed E-state index contributed by atoms with van der Waals surface area (Å²) in [6.07, 6.45) is 3.74. The molecule has 104 valence electrons. The van der Waals surface area contributed by atoms with Crippen LogP contribution in [0.1, 0.15) is 24.2 Å². The predicted molar refractivity (Wildman–Crippen MR) is 75.6 cm³/mol. The van der Waals surface area contributed by atoms with Gasteiger partial charge < -0.3 is 5.32 Å². The molecule has 0 radical (unpaired) electrons. The molecule has 1 aliphatic rings. The number of nitrogens with one attached hydrogen (secondary N) is 1. The highest BCUT2D eigenvalue weighted by Crippen LogP contribution is 2.23. The van der Waals surface area contributed by atoms with E-state index in [1.807, 2.05) is 42.2 Å². The number of aryl methyl sites for hydroxylation is 1. The van der Waals surface area contributed by atoms with E-state index in [2.05, 4.69) is 27.4 Å². The summed E-state index contributed by atoms with van der Waals surface area (Å²) < 4.78 is 1.88. The molecule has 20 heavy (non-hydrogen) atoms. The molecule has 1 atom stereocenters. The van der Waals surface area contributed by atoms with Crippen molar-refractivity contribution in [3.8, 4) is 0 Å². The van der Waals surface area contributed by atoms with Gasteiger partial charge in [-0.25, -0.2) is 0 Å². The number of aromatic nitrogens is 2. The molecule has 1 aromatic heterocycles. The maximum absolute atomic E-state index is 11.7. The first-order valence-corrected chi connectivity index (χ1v) is 6.86. The Kier molecular flexibility index (Phi) is 3.52. The topological polar surface area (TPSA) is 50.2 Å². The van der Waals surface area contributed by atoms with Gasteiger partial charge in [-0.05, 0) is 12.5 Å². The fourth-order valence-corrected chi connectivity index (χ4v) is 2.52. The van der Waals surface area contributed by atoms with Crippen LogP contribution in [0.5, 0.6) is 0 Å². The highest BCUT2D eigenvalue weighted by Gasteiger charge is 2.31. The molecular weight excluding hydrogens is 252 g/mol. The molecule has 2 aromatic rings. The highest BCUT2D eigenvalue weighted by molar-refractivity contribution is 5.80. The Morgan fingerprint density at radius 2 is 2.15 bits per heavy atom. The van der Waals surface area contributed by atoms with Crippen LogP contribution in [0.2, 0.25) is 0 Å². The Morgan fingerprint density at radius 3 is 2.85 bits per heavy atom. The van der Waals surface area contributed by atoms with Gasteiger partial charge in [0.25, 0.3) is 0 Å². The van der Waals surface area contributed by atoms with Crippen molar-refractivity contribution in [2.24, 2.45) is 0 Å². The minimum absolute atomic E-state index is 0.0650. The van der Waals surface area contributed by atoms with Gasteiger partial charge in [0.15, 0.2) is 0 Å². The summed E-state index contributed by atoms with van der Waals surface area (Å²) in [5.41, 5.74) is 2.24. The third-order valence-corrected chi connectivity index (χ3v) is 3.53. The summed E-state index contributed by atoms with van der Waals surface area (Å²) in [5, 5.41) is 7.30. The number of carbonyl (C=O) groups is 1. The largest absolute Gasteiger partial charge is 0.335 e. The van der Waals surface area contributed by atoms with Gasteiger partial charge in [0.2, 0.25) is 5.91 Å². The van der Waals surface area contributed by atoms with E-state index in [0.29, 0.717) is 6.54 Å². The highest BCUT2D eigenvalue weighted by atomic mass is 16.2. The number of amides is 1. The van der Waals surface area contributed by atoms with Crippen molar-refractivity contribution >= 4 is 5.91 Å². The van der Waals surface area contributed by atoms with E-state index >= 15 is 0 Å². The van der Waals surface area contributed by atoms with Gasteiger partial charge >= 0.3 is 0 Å². The summed E-state index contributed by atoms with van der Waals surface area (Å²) in [6.45, 7) is 4.06. The number of carbonyl (C=O) groups excluding carboxylic acids is 1.